The highest BCUT2D eigenvalue weighted by atomic mass is 79.9. The fraction of sp³-hybridized carbons (Fsp3) is 0.583. The van der Waals surface area contributed by atoms with Gasteiger partial charge in [-0.25, -0.2) is 4.98 Å². The number of aliphatic hydroxyl groups is 1. The standard InChI is InChI=1S/C12H19BrN2OS/c1-2-12(14,9-16)6-4-8-17-11-10(13)5-3-7-15-11/h3,5,7,16H,2,4,6,8-9,14H2,1H3. The predicted molar refractivity (Wildman–Crippen MR) is 76.2 cm³/mol. The van der Waals surface area contributed by atoms with Crippen LogP contribution >= 0.6 is 27.7 Å². The lowest BCUT2D eigenvalue weighted by atomic mass is 9.93. The van der Waals surface area contributed by atoms with Crippen LogP contribution in [0.1, 0.15) is 26.2 Å². The smallest absolute Gasteiger partial charge is 0.110 e. The first-order valence-electron chi connectivity index (χ1n) is 5.74. The number of nitrogens with zero attached hydrogens (tertiary/aromatic N) is 1. The van der Waals surface area contributed by atoms with Gasteiger partial charge in [0.15, 0.2) is 0 Å². The summed E-state index contributed by atoms with van der Waals surface area (Å²) >= 11 is 5.18. The van der Waals surface area contributed by atoms with Crippen molar-refractivity contribution in [3.63, 3.8) is 0 Å². The van der Waals surface area contributed by atoms with Crippen LogP contribution in [-0.2, 0) is 0 Å². The van der Waals surface area contributed by atoms with Crippen LogP contribution in [0.15, 0.2) is 27.8 Å². The molecule has 3 nitrogen and oxygen atoms in total. The van der Waals surface area contributed by atoms with Crippen molar-refractivity contribution in [2.45, 2.75) is 36.8 Å². The fourth-order valence-electron chi connectivity index (χ4n) is 1.44. The lowest BCUT2D eigenvalue weighted by Gasteiger charge is -2.25. The number of pyridine rings is 1. The number of hydrogen-bond donors (Lipinski definition) is 2. The van der Waals surface area contributed by atoms with Crippen molar-refractivity contribution in [2.75, 3.05) is 12.4 Å². The summed E-state index contributed by atoms with van der Waals surface area (Å²) in [5.74, 6) is 0.967. The summed E-state index contributed by atoms with van der Waals surface area (Å²) in [4.78, 5) is 4.29. The molecule has 1 atom stereocenters. The van der Waals surface area contributed by atoms with Crippen LogP contribution in [0.5, 0.6) is 0 Å². The van der Waals surface area contributed by atoms with Crippen LogP contribution in [-0.4, -0.2) is 28.0 Å². The molecule has 0 aromatic carbocycles. The average Bonchev–Trinajstić information content (AvgIpc) is 2.36. The molecule has 1 heterocycles. The Bertz CT molecular complexity index is 345. The summed E-state index contributed by atoms with van der Waals surface area (Å²) in [5, 5.41) is 10.2. The molecule has 5 heteroatoms. The van der Waals surface area contributed by atoms with Gasteiger partial charge in [-0.2, -0.15) is 0 Å². The van der Waals surface area contributed by atoms with E-state index in [-0.39, 0.29) is 6.61 Å². The number of aliphatic hydroxyl groups excluding tert-OH is 1. The van der Waals surface area contributed by atoms with E-state index in [0.717, 1.165) is 34.5 Å². The van der Waals surface area contributed by atoms with E-state index in [2.05, 4.69) is 20.9 Å². The van der Waals surface area contributed by atoms with Gasteiger partial charge in [-0.15, -0.1) is 11.8 Å². The second-order valence-electron chi connectivity index (χ2n) is 4.12. The third-order valence-corrected chi connectivity index (χ3v) is 4.80. The average molecular weight is 319 g/mol. The minimum absolute atomic E-state index is 0.0570. The van der Waals surface area contributed by atoms with Crippen LogP contribution in [0.2, 0.25) is 0 Å². The van der Waals surface area contributed by atoms with Crippen LogP contribution in [0, 0.1) is 0 Å². The molecular weight excluding hydrogens is 300 g/mol. The third kappa shape index (κ3) is 4.95. The van der Waals surface area contributed by atoms with Crippen molar-refractivity contribution in [1.82, 2.24) is 4.98 Å². The Morgan fingerprint density at radius 2 is 2.35 bits per heavy atom. The molecule has 1 aromatic heterocycles. The fourth-order valence-corrected chi connectivity index (χ4v) is 2.86. The van der Waals surface area contributed by atoms with E-state index in [9.17, 15) is 5.11 Å². The van der Waals surface area contributed by atoms with Crippen LogP contribution in [0.4, 0.5) is 0 Å². The summed E-state index contributed by atoms with van der Waals surface area (Å²) in [6, 6.07) is 3.89. The summed E-state index contributed by atoms with van der Waals surface area (Å²) < 4.78 is 1.03. The molecule has 0 aliphatic heterocycles. The van der Waals surface area contributed by atoms with Crippen molar-refractivity contribution >= 4 is 27.7 Å². The predicted octanol–water partition coefficient (Wildman–Crippen LogP) is 2.82. The molecule has 1 rings (SSSR count). The largest absolute Gasteiger partial charge is 0.394 e. The van der Waals surface area contributed by atoms with Gasteiger partial charge in [0.2, 0.25) is 0 Å². The summed E-state index contributed by atoms with van der Waals surface area (Å²) in [5.41, 5.74) is 5.61. The van der Waals surface area contributed by atoms with Gasteiger partial charge in [-0.1, -0.05) is 6.92 Å². The molecule has 1 unspecified atom stereocenters. The van der Waals surface area contributed by atoms with Crippen molar-refractivity contribution in [3.8, 4) is 0 Å². The summed E-state index contributed by atoms with van der Waals surface area (Å²) in [6.07, 6.45) is 4.43. The lowest BCUT2D eigenvalue weighted by molar-refractivity contribution is 0.182. The molecular formula is C12H19BrN2OS. The molecule has 17 heavy (non-hydrogen) atoms. The van der Waals surface area contributed by atoms with Crippen molar-refractivity contribution < 1.29 is 5.11 Å². The zero-order chi connectivity index (χ0) is 12.7. The number of aromatic nitrogens is 1. The van der Waals surface area contributed by atoms with Gasteiger partial charge >= 0.3 is 0 Å². The third-order valence-electron chi connectivity index (χ3n) is 2.80. The molecule has 0 amide bonds. The minimum Gasteiger partial charge on any atom is -0.394 e. The quantitative estimate of drug-likeness (QED) is 0.599. The highest BCUT2D eigenvalue weighted by Gasteiger charge is 2.20. The summed E-state index contributed by atoms with van der Waals surface area (Å²) in [7, 11) is 0. The van der Waals surface area contributed by atoms with Crippen LogP contribution < -0.4 is 5.73 Å². The molecule has 0 aliphatic rings. The molecule has 96 valence electrons. The van der Waals surface area contributed by atoms with Crippen molar-refractivity contribution in [1.29, 1.82) is 0 Å². The van der Waals surface area contributed by atoms with Crippen LogP contribution in [0.3, 0.4) is 0 Å². The van der Waals surface area contributed by atoms with E-state index in [4.69, 9.17) is 5.73 Å². The molecule has 3 N–H and O–H groups in total. The zero-order valence-corrected chi connectivity index (χ0v) is 12.4. The Kier molecular flexibility index (Phi) is 6.48. The maximum absolute atomic E-state index is 9.19. The van der Waals surface area contributed by atoms with Crippen molar-refractivity contribution in [2.24, 2.45) is 5.73 Å². The van der Waals surface area contributed by atoms with E-state index < -0.39 is 5.54 Å². The van der Waals surface area contributed by atoms with Gasteiger partial charge in [0.05, 0.1) is 6.61 Å². The number of thioether (sulfide) groups is 1. The summed E-state index contributed by atoms with van der Waals surface area (Å²) in [6.45, 7) is 2.07. The van der Waals surface area contributed by atoms with Gasteiger partial charge in [-0.05, 0) is 53.1 Å². The molecule has 0 radical (unpaired) electrons. The molecule has 0 spiro atoms. The molecule has 1 aromatic rings. The second-order valence-corrected chi connectivity index (χ2v) is 6.05. The van der Waals surface area contributed by atoms with E-state index in [1.807, 2.05) is 19.1 Å². The van der Waals surface area contributed by atoms with E-state index >= 15 is 0 Å². The minimum atomic E-state index is -0.415. The Morgan fingerprint density at radius 3 is 2.94 bits per heavy atom. The van der Waals surface area contributed by atoms with Gasteiger partial charge < -0.3 is 10.8 Å². The SMILES string of the molecule is CCC(N)(CO)CCCSc1ncccc1Br. The van der Waals surface area contributed by atoms with E-state index in [1.165, 1.54) is 0 Å². The van der Waals surface area contributed by atoms with Crippen LogP contribution in [0.25, 0.3) is 0 Å². The Hall–Kier alpha value is -0.100. The lowest BCUT2D eigenvalue weighted by Crippen LogP contribution is -2.42. The normalized spacial score (nSPS) is 14.6. The molecule has 0 aliphatic carbocycles. The number of halogens is 1. The number of nitrogens with two attached hydrogens (primary N) is 1. The highest BCUT2D eigenvalue weighted by molar-refractivity contribution is 9.10. The Balaban J connectivity index is 2.32. The topological polar surface area (TPSA) is 59.1 Å². The maximum Gasteiger partial charge on any atom is 0.110 e. The molecule has 0 bridgehead atoms. The monoisotopic (exact) mass is 318 g/mol. The second kappa shape index (κ2) is 7.36. The zero-order valence-electron chi connectivity index (χ0n) is 10.0. The first-order chi connectivity index (χ1) is 8.11. The van der Waals surface area contributed by atoms with Gasteiger partial charge in [0.25, 0.3) is 0 Å². The number of rotatable bonds is 7. The first kappa shape index (κ1) is 15.0. The van der Waals surface area contributed by atoms with Gasteiger partial charge in [0, 0.05) is 16.2 Å². The first-order valence-corrected chi connectivity index (χ1v) is 7.52. The van der Waals surface area contributed by atoms with E-state index in [0.29, 0.717) is 0 Å². The molecule has 0 fully saturated rings. The van der Waals surface area contributed by atoms with Gasteiger partial charge in [0.1, 0.15) is 5.03 Å². The van der Waals surface area contributed by atoms with Crippen molar-refractivity contribution in [3.05, 3.63) is 22.8 Å². The molecule has 0 saturated heterocycles. The number of hydrogen-bond acceptors (Lipinski definition) is 4. The highest BCUT2D eigenvalue weighted by Crippen LogP contribution is 2.26. The van der Waals surface area contributed by atoms with Gasteiger partial charge in [-0.3, -0.25) is 0 Å². The maximum atomic E-state index is 9.19. The Labute approximate surface area is 115 Å². The Morgan fingerprint density at radius 1 is 1.59 bits per heavy atom. The molecule has 0 saturated carbocycles. The van der Waals surface area contributed by atoms with E-state index in [1.54, 1.807) is 18.0 Å².